The smallest absolute Gasteiger partial charge is 0.0727 e. The Morgan fingerprint density at radius 2 is 0.817 bits per heavy atom. The molecule has 2 heteroatoms. The van der Waals surface area contributed by atoms with Crippen molar-refractivity contribution < 1.29 is 0 Å². The monoisotopic (exact) mass is 908 g/mol. The van der Waals surface area contributed by atoms with Gasteiger partial charge in [-0.25, -0.2) is 0 Å². The second kappa shape index (κ2) is 16.9. The lowest BCUT2D eigenvalue weighted by molar-refractivity contribution is 0.443. The van der Waals surface area contributed by atoms with Gasteiger partial charge in [-0.15, -0.1) is 0 Å². The first kappa shape index (κ1) is 41.5. The molecule has 14 rings (SSSR count). The molecule has 3 aliphatic rings. The van der Waals surface area contributed by atoms with Gasteiger partial charge in [0.05, 0.1) is 11.1 Å². The standard InChI is InChI=1S/C69H52N2/c1-4-18-47(19-5-1)49-32-36-54(37-33-49)71(67-43-35-50-21-12-13-27-58(50)68(67)51-22-6-2-7-23-51)57-40-42-62-60-29-15-17-31-64(60)69(66(62)46-57)63-30-16-14-28-59(63)61-41-39-56(45-65(61)69)70(53-25-8-3-9-26-53)55-38-34-48-20-10-11-24-52(48)44-55/h2-3,6-17,20-47H,1,4-5,18-19H2. The van der Waals surface area contributed by atoms with Gasteiger partial charge in [0.15, 0.2) is 0 Å². The molecule has 1 atom stereocenters. The van der Waals surface area contributed by atoms with E-state index in [-0.39, 0.29) is 0 Å². The Morgan fingerprint density at radius 1 is 0.324 bits per heavy atom. The Kier molecular flexibility index (Phi) is 9.88. The molecule has 71 heavy (non-hydrogen) atoms. The van der Waals surface area contributed by atoms with Crippen LogP contribution in [0.25, 0.3) is 54.9 Å². The quantitative estimate of drug-likeness (QED) is 0.150. The summed E-state index contributed by atoms with van der Waals surface area (Å²) in [4.78, 5) is 4.98. The molecule has 2 nitrogen and oxygen atoms in total. The third-order valence-electron chi connectivity index (χ3n) is 16.0. The highest BCUT2D eigenvalue weighted by atomic mass is 15.1. The molecule has 0 N–H and O–H groups in total. The van der Waals surface area contributed by atoms with E-state index >= 15 is 0 Å². The van der Waals surface area contributed by atoms with Crippen molar-refractivity contribution in [2.45, 2.75) is 43.4 Å². The summed E-state index contributed by atoms with van der Waals surface area (Å²) < 4.78 is 0. The van der Waals surface area contributed by atoms with E-state index in [4.69, 9.17) is 0 Å². The summed E-state index contributed by atoms with van der Waals surface area (Å²) >= 11 is 0. The van der Waals surface area contributed by atoms with E-state index in [1.807, 2.05) is 0 Å². The van der Waals surface area contributed by atoms with E-state index in [1.54, 1.807) is 0 Å². The van der Waals surface area contributed by atoms with Crippen molar-refractivity contribution in [2.24, 2.45) is 0 Å². The second-order valence-corrected chi connectivity index (χ2v) is 19.8. The van der Waals surface area contributed by atoms with Gasteiger partial charge in [-0.2, -0.15) is 0 Å². The average molecular weight is 909 g/mol. The maximum absolute atomic E-state index is 2.55. The number of hydrogen-bond donors (Lipinski definition) is 0. The fourth-order valence-corrected chi connectivity index (χ4v) is 12.8. The molecule has 1 unspecified atom stereocenters. The van der Waals surface area contributed by atoms with Gasteiger partial charge in [0.25, 0.3) is 0 Å². The molecule has 0 amide bonds. The molecule has 0 aromatic heterocycles. The van der Waals surface area contributed by atoms with Crippen LogP contribution in [0.3, 0.4) is 0 Å². The SMILES string of the molecule is c1ccc(-c2c(N(c3ccc(C4CCCCC4)cc3)c3ccc4c(c3)C3(c5ccccc5-c5ccc(N(c6ccccc6)c6ccc7ccccc7c6)cc53)c3ccccc3-4)ccc3ccccc23)cc1. The van der Waals surface area contributed by atoms with Crippen molar-refractivity contribution in [1.82, 2.24) is 0 Å². The summed E-state index contributed by atoms with van der Waals surface area (Å²) in [7, 11) is 0. The molecule has 11 aromatic rings. The van der Waals surface area contributed by atoms with Gasteiger partial charge >= 0.3 is 0 Å². The highest BCUT2D eigenvalue weighted by Gasteiger charge is 2.52. The minimum atomic E-state index is -0.586. The molecule has 0 saturated heterocycles. The fraction of sp³-hybridized carbons (Fsp3) is 0.101. The summed E-state index contributed by atoms with van der Waals surface area (Å²) in [5, 5.41) is 4.92. The van der Waals surface area contributed by atoms with E-state index in [0.29, 0.717) is 5.92 Å². The van der Waals surface area contributed by atoms with Crippen molar-refractivity contribution in [3.63, 3.8) is 0 Å². The zero-order chi connectivity index (χ0) is 46.9. The van der Waals surface area contributed by atoms with Crippen molar-refractivity contribution >= 4 is 55.7 Å². The summed E-state index contributed by atoms with van der Waals surface area (Å²) in [6.45, 7) is 0. The second-order valence-electron chi connectivity index (χ2n) is 19.8. The lowest BCUT2D eigenvalue weighted by atomic mass is 9.70. The highest BCUT2D eigenvalue weighted by Crippen LogP contribution is 2.64. The van der Waals surface area contributed by atoms with Crippen molar-refractivity contribution in [3.8, 4) is 33.4 Å². The van der Waals surface area contributed by atoms with Gasteiger partial charge in [-0.05, 0) is 163 Å². The maximum atomic E-state index is 2.55. The van der Waals surface area contributed by atoms with E-state index in [2.05, 4.69) is 259 Å². The van der Waals surface area contributed by atoms with E-state index in [0.717, 1.165) is 34.1 Å². The first-order chi connectivity index (χ1) is 35.2. The topological polar surface area (TPSA) is 6.48 Å². The highest BCUT2D eigenvalue weighted by molar-refractivity contribution is 6.06. The fourth-order valence-electron chi connectivity index (χ4n) is 12.8. The molecular formula is C69H52N2. The largest absolute Gasteiger partial charge is 0.310 e. The number of fused-ring (bicyclic) bond motifs is 12. The first-order valence-electron chi connectivity index (χ1n) is 25.5. The third-order valence-corrected chi connectivity index (χ3v) is 16.0. The minimum Gasteiger partial charge on any atom is -0.310 e. The Hall–Kier alpha value is -8.46. The summed E-state index contributed by atoms with van der Waals surface area (Å²) in [5.41, 5.74) is 20.5. The number of nitrogens with zero attached hydrogens (tertiary/aromatic N) is 2. The zero-order valence-corrected chi connectivity index (χ0v) is 39.7. The van der Waals surface area contributed by atoms with Crippen LogP contribution in [0.5, 0.6) is 0 Å². The molecule has 0 aliphatic heterocycles. The molecule has 11 aromatic carbocycles. The van der Waals surface area contributed by atoms with Crippen LogP contribution in [0.2, 0.25) is 0 Å². The number of para-hydroxylation sites is 1. The van der Waals surface area contributed by atoms with E-state index < -0.39 is 5.41 Å². The minimum absolute atomic E-state index is 0.586. The number of rotatable bonds is 8. The normalized spacial score (nSPS) is 15.6. The van der Waals surface area contributed by atoms with Gasteiger partial charge in [0.2, 0.25) is 0 Å². The lowest BCUT2D eigenvalue weighted by Gasteiger charge is -2.34. The molecule has 1 saturated carbocycles. The van der Waals surface area contributed by atoms with Gasteiger partial charge in [-0.1, -0.05) is 201 Å². The Morgan fingerprint density at radius 3 is 1.51 bits per heavy atom. The van der Waals surface area contributed by atoms with E-state index in [1.165, 1.54) is 115 Å². The molecule has 0 heterocycles. The van der Waals surface area contributed by atoms with Crippen LogP contribution in [0.1, 0.15) is 65.8 Å². The van der Waals surface area contributed by atoms with E-state index in [9.17, 15) is 0 Å². The van der Waals surface area contributed by atoms with Gasteiger partial charge in [-0.3, -0.25) is 0 Å². The predicted molar refractivity (Wildman–Crippen MR) is 298 cm³/mol. The maximum Gasteiger partial charge on any atom is 0.0727 e. The number of hydrogen-bond acceptors (Lipinski definition) is 2. The zero-order valence-electron chi connectivity index (χ0n) is 39.7. The van der Waals surface area contributed by atoms with Gasteiger partial charge in [0, 0.05) is 34.0 Å². The van der Waals surface area contributed by atoms with Crippen LogP contribution in [0.4, 0.5) is 34.1 Å². The summed E-state index contributed by atoms with van der Waals surface area (Å²) in [5.74, 6) is 0.622. The molecule has 338 valence electrons. The third kappa shape index (κ3) is 6.62. The number of anilines is 6. The summed E-state index contributed by atoms with van der Waals surface area (Å²) in [6.07, 6.45) is 6.53. The van der Waals surface area contributed by atoms with Crippen LogP contribution in [-0.2, 0) is 5.41 Å². The van der Waals surface area contributed by atoms with Crippen molar-refractivity contribution in [2.75, 3.05) is 9.80 Å². The first-order valence-corrected chi connectivity index (χ1v) is 25.5. The van der Waals surface area contributed by atoms with Crippen LogP contribution >= 0.6 is 0 Å². The van der Waals surface area contributed by atoms with Crippen LogP contribution < -0.4 is 9.80 Å². The molecular weight excluding hydrogens is 857 g/mol. The molecule has 3 aliphatic carbocycles. The Labute approximate surface area is 416 Å². The van der Waals surface area contributed by atoms with Crippen molar-refractivity contribution in [1.29, 1.82) is 0 Å². The number of benzene rings is 11. The molecule has 0 bridgehead atoms. The van der Waals surface area contributed by atoms with Crippen LogP contribution in [0.15, 0.2) is 249 Å². The van der Waals surface area contributed by atoms with Crippen LogP contribution in [0, 0.1) is 0 Å². The molecule has 1 fully saturated rings. The predicted octanol–water partition coefficient (Wildman–Crippen LogP) is 19.0. The van der Waals surface area contributed by atoms with Crippen molar-refractivity contribution in [3.05, 3.63) is 277 Å². The summed E-state index contributed by atoms with van der Waals surface area (Å²) in [6, 6.07) is 93.5. The van der Waals surface area contributed by atoms with Gasteiger partial charge < -0.3 is 9.80 Å². The Bertz CT molecular complexity index is 3800. The van der Waals surface area contributed by atoms with Crippen LogP contribution in [-0.4, -0.2) is 0 Å². The lowest BCUT2D eigenvalue weighted by Crippen LogP contribution is -2.26. The molecule has 0 radical (unpaired) electrons. The Balaban J connectivity index is 1.02. The average Bonchev–Trinajstić information content (AvgIpc) is 3.91. The molecule has 1 spiro atoms. The van der Waals surface area contributed by atoms with Gasteiger partial charge in [0.1, 0.15) is 0 Å².